The molecular weight excluding hydrogens is 280 g/mol. The molecule has 0 fully saturated rings. The number of hydrogen-bond acceptors (Lipinski definition) is 7. The minimum absolute atomic E-state index is 0.000325. The second kappa shape index (κ2) is 5.74. The summed E-state index contributed by atoms with van der Waals surface area (Å²) in [6.45, 7) is 0. The highest BCUT2D eigenvalue weighted by Gasteiger charge is 2.11. The topological polar surface area (TPSA) is 124 Å². The third-order valence-electron chi connectivity index (χ3n) is 2.74. The first-order chi connectivity index (χ1) is 9.51. The molecule has 2 aromatic heterocycles. The molecule has 106 valence electrons. The molecular formula is C12H14N4O3S. The summed E-state index contributed by atoms with van der Waals surface area (Å²) >= 11 is 1.33. The Hall–Kier alpha value is -2.35. The maximum atomic E-state index is 11.7. The quantitative estimate of drug-likeness (QED) is 0.708. The highest BCUT2D eigenvalue weighted by molar-refractivity contribution is 7.13. The molecule has 0 atom stereocenters. The summed E-state index contributed by atoms with van der Waals surface area (Å²) in [7, 11) is 1.34. The van der Waals surface area contributed by atoms with E-state index in [2.05, 4.69) is 14.7 Å². The van der Waals surface area contributed by atoms with Crippen molar-refractivity contribution in [1.82, 2.24) is 9.97 Å². The zero-order valence-electron chi connectivity index (χ0n) is 10.8. The number of nitrogens with zero attached hydrogens (tertiary/aromatic N) is 1. The Kier molecular flexibility index (Phi) is 4.04. The van der Waals surface area contributed by atoms with Gasteiger partial charge in [0.1, 0.15) is 10.7 Å². The van der Waals surface area contributed by atoms with Crippen molar-refractivity contribution in [2.45, 2.75) is 12.8 Å². The molecule has 5 N–H and O–H groups in total. The molecule has 0 radical (unpaired) electrons. The van der Waals surface area contributed by atoms with Crippen LogP contribution in [0.3, 0.4) is 0 Å². The minimum atomic E-state index is -0.368. The van der Waals surface area contributed by atoms with E-state index in [1.807, 2.05) is 6.07 Å². The average Bonchev–Trinajstić information content (AvgIpc) is 2.85. The van der Waals surface area contributed by atoms with Gasteiger partial charge in [0, 0.05) is 4.88 Å². The third-order valence-corrected chi connectivity index (χ3v) is 3.86. The van der Waals surface area contributed by atoms with Gasteiger partial charge in [0.05, 0.1) is 12.7 Å². The number of aryl methyl sites for hydroxylation is 1. The molecule has 0 aromatic carbocycles. The fourth-order valence-electron chi connectivity index (χ4n) is 1.75. The summed E-state index contributed by atoms with van der Waals surface area (Å²) in [5.41, 5.74) is 11.1. The number of ether oxygens (including phenoxy) is 1. The molecule has 0 aliphatic carbocycles. The summed E-state index contributed by atoms with van der Waals surface area (Å²) in [5, 5.41) is 0. The summed E-state index contributed by atoms with van der Waals surface area (Å²) in [6.07, 6.45) is 1.01. The highest BCUT2D eigenvalue weighted by Crippen LogP contribution is 2.19. The largest absolute Gasteiger partial charge is 0.465 e. The van der Waals surface area contributed by atoms with Crippen LogP contribution in [0.25, 0.3) is 0 Å². The Bertz CT molecular complexity index is 692. The average molecular weight is 294 g/mol. The van der Waals surface area contributed by atoms with Gasteiger partial charge >= 0.3 is 5.97 Å². The Morgan fingerprint density at radius 2 is 2.15 bits per heavy atom. The molecule has 2 rings (SSSR count). The van der Waals surface area contributed by atoms with Crippen molar-refractivity contribution in [2.75, 3.05) is 18.6 Å². The smallest absolute Gasteiger partial charge is 0.348 e. The number of anilines is 2. The van der Waals surface area contributed by atoms with Crippen molar-refractivity contribution in [3.05, 3.63) is 37.8 Å². The lowest BCUT2D eigenvalue weighted by Gasteiger charge is -2.03. The predicted molar refractivity (Wildman–Crippen MR) is 76.7 cm³/mol. The number of aromatic amines is 1. The van der Waals surface area contributed by atoms with E-state index in [-0.39, 0.29) is 23.3 Å². The fourth-order valence-corrected chi connectivity index (χ4v) is 2.67. The molecule has 8 heteroatoms. The molecule has 0 amide bonds. The zero-order chi connectivity index (χ0) is 14.7. The molecule has 7 nitrogen and oxygen atoms in total. The van der Waals surface area contributed by atoms with Gasteiger partial charge in [0.15, 0.2) is 0 Å². The molecule has 0 saturated carbocycles. The van der Waals surface area contributed by atoms with Crippen molar-refractivity contribution >= 4 is 29.1 Å². The number of rotatable bonds is 4. The minimum Gasteiger partial charge on any atom is -0.465 e. The number of esters is 1. The van der Waals surface area contributed by atoms with Crippen LogP contribution in [0.5, 0.6) is 0 Å². The highest BCUT2D eigenvalue weighted by atomic mass is 32.1. The molecule has 0 aliphatic heterocycles. The lowest BCUT2D eigenvalue weighted by molar-refractivity contribution is 0.0606. The number of carbonyl (C=O) groups excluding carboxylic acids is 1. The van der Waals surface area contributed by atoms with Gasteiger partial charge in [0.25, 0.3) is 5.56 Å². The maximum absolute atomic E-state index is 11.7. The fraction of sp³-hybridized carbons (Fsp3) is 0.250. The van der Waals surface area contributed by atoms with E-state index in [0.717, 1.165) is 4.88 Å². The van der Waals surface area contributed by atoms with E-state index < -0.39 is 0 Å². The van der Waals surface area contributed by atoms with E-state index in [1.165, 1.54) is 18.4 Å². The molecule has 0 spiro atoms. The van der Waals surface area contributed by atoms with E-state index in [4.69, 9.17) is 11.5 Å². The van der Waals surface area contributed by atoms with E-state index in [0.29, 0.717) is 23.3 Å². The molecule has 0 unspecified atom stereocenters. The summed E-state index contributed by atoms with van der Waals surface area (Å²) in [5.74, 6) is -0.232. The van der Waals surface area contributed by atoms with Crippen molar-refractivity contribution in [1.29, 1.82) is 0 Å². The number of nitrogen functional groups attached to an aromatic ring is 2. The van der Waals surface area contributed by atoms with Gasteiger partial charge < -0.3 is 16.2 Å². The maximum Gasteiger partial charge on any atom is 0.348 e. The molecule has 2 aromatic rings. The van der Waals surface area contributed by atoms with E-state index in [9.17, 15) is 9.59 Å². The van der Waals surface area contributed by atoms with Crippen molar-refractivity contribution in [3.8, 4) is 0 Å². The molecule has 0 saturated heterocycles. The van der Waals surface area contributed by atoms with Gasteiger partial charge in [0.2, 0.25) is 5.95 Å². The monoisotopic (exact) mass is 294 g/mol. The number of nitrogens with two attached hydrogens (primary N) is 2. The number of hydrogen-bond donors (Lipinski definition) is 3. The number of thiophene rings is 1. The van der Waals surface area contributed by atoms with Crippen LogP contribution >= 0.6 is 11.3 Å². The first-order valence-corrected chi connectivity index (χ1v) is 6.64. The normalized spacial score (nSPS) is 10.4. The van der Waals surface area contributed by atoms with Crippen LogP contribution in [0.4, 0.5) is 11.8 Å². The summed E-state index contributed by atoms with van der Waals surface area (Å²) < 4.78 is 4.64. The van der Waals surface area contributed by atoms with Crippen molar-refractivity contribution in [3.63, 3.8) is 0 Å². The number of H-pyrrole nitrogens is 1. The van der Waals surface area contributed by atoms with Crippen LogP contribution in [-0.4, -0.2) is 23.0 Å². The molecule has 0 bridgehead atoms. The van der Waals surface area contributed by atoms with Gasteiger partial charge in [-0.1, -0.05) is 0 Å². The van der Waals surface area contributed by atoms with Gasteiger partial charge in [-0.2, -0.15) is 4.98 Å². The number of aromatic nitrogens is 2. The van der Waals surface area contributed by atoms with Crippen LogP contribution < -0.4 is 17.0 Å². The van der Waals surface area contributed by atoms with Gasteiger partial charge in [-0.3, -0.25) is 9.78 Å². The van der Waals surface area contributed by atoms with Crippen LogP contribution in [0.1, 0.15) is 20.1 Å². The SMILES string of the molecule is COC(=O)c1ccc(CCc2c(N)nc(N)[nH]c2=O)s1. The first kappa shape index (κ1) is 14.1. The molecule has 2 heterocycles. The van der Waals surface area contributed by atoms with Crippen molar-refractivity contribution < 1.29 is 9.53 Å². The Labute approximate surface area is 118 Å². The summed E-state index contributed by atoms with van der Waals surface area (Å²) in [4.78, 5) is 30.8. The second-order valence-electron chi connectivity index (χ2n) is 4.07. The number of methoxy groups -OCH3 is 1. The van der Waals surface area contributed by atoms with Gasteiger partial charge in [-0.05, 0) is 25.0 Å². The summed E-state index contributed by atoms with van der Waals surface area (Å²) in [6, 6.07) is 3.52. The van der Waals surface area contributed by atoms with Crippen molar-refractivity contribution in [2.24, 2.45) is 0 Å². The third kappa shape index (κ3) is 2.97. The standard InChI is InChI=1S/C12H14N4O3S/c1-19-11(18)8-5-3-6(20-8)2-4-7-9(13)15-12(14)16-10(7)17/h3,5H,2,4H2,1H3,(H5,13,14,15,16,17). The van der Waals surface area contributed by atoms with Gasteiger partial charge in [-0.15, -0.1) is 11.3 Å². The second-order valence-corrected chi connectivity index (χ2v) is 5.24. The number of nitrogens with one attached hydrogen (secondary N) is 1. The Morgan fingerprint density at radius 1 is 1.40 bits per heavy atom. The van der Waals surface area contributed by atoms with E-state index >= 15 is 0 Å². The van der Waals surface area contributed by atoms with Crippen LogP contribution in [0.2, 0.25) is 0 Å². The predicted octanol–water partition coefficient (Wildman–Crippen LogP) is 0.568. The Balaban J connectivity index is 2.11. The molecule has 0 aliphatic rings. The zero-order valence-corrected chi connectivity index (χ0v) is 11.6. The first-order valence-electron chi connectivity index (χ1n) is 5.82. The lowest BCUT2D eigenvalue weighted by atomic mass is 10.1. The van der Waals surface area contributed by atoms with Crippen LogP contribution in [0.15, 0.2) is 16.9 Å². The Morgan fingerprint density at radius 3 is 2.80 bits per heavy atom. The van der Waals surface area contributed by atoms with E-state index in [1.54, 1.807) is 6.07 Å². The van der Waals surface area contributed by atoms with Crippen LogP contribution in [0, 0.1) is 0 Å². The number of carbonyl (C=O) groups is 1. The molecule has 20 heavy (non-hydrogen) atoms. The van der Waals surface area contributed by atoms with Crippen LogP contribution in [-0.2, 0) is 17.6 Å². The lowest BCUT2D eigenvalue weighted by Crippen LogP contribution is -2.19. The van der Waals surface area contributed by atoms with Gasteiger partial charge in [-0.25, -0.2) is 4.79 Å².